The number of benzene rings is 1. The van der Waals surface area contributed by atoms with E-state index >= 15 is 0 Å². The number of anilines is 1. The number of piperidine rings is 1. The van der Waals surface area contributed by atoms with Crippen LogP contribution in [0.4, 0.5) is 5.69 Å². The van der Waals surface area contributed by atoms with Crippen molar-refractivity contribution in [1.82, 2.24) is 0 Å². The molecule has 0 N–H and O–H groups in total. The maximum Gasteiger partial charge on any atom is 0.161 e. The lowest BCUT2D eigenvalue weighted by Gasteiger charge is -2.46. The molecule has 0 amide bonds. The predicted molar refractivity (Wildman–Crippen MR) is 83.5 cm³/mol. The van der Waals surface area contributed by atoms with E-state index in [1.54, 1.807) is 13.0 Å². The van der Waals surface area contributed by atoms with E-state index in [1.807, 2.05) is 12.1 Å². The van der Waals surface area contributed by atoms with Gasteiger partial charge >= 0.3 is 0 Å². The highest BCUT2D eigenvalue weighted by Gasteiger charge is 2.34. The zero-order chi connectivity index (χ0) is 14.8. The molecule has 1 saturated heterocycles. The van der Waals surface area contributed by atoms with Gasteiger partial charge in [0.1, 0.15) is 0 Å². The van der Waals surface area contributed by atoms with E-state index in [9.17, 15) is 4.79 Å². The maximum atomic E-state index is 12.0. The Labute approximate surface area is 126 Å². The van der Waals surface area contributed by atoms with E-state index in [0.29, 0.717) is 11.6 Å². The van der Waals surface area contributed by atoms with Crippen molar-refractivity contribution >= 4 is 11.5 Å². The number of fused-ring (bicyclic) bond motifs is 1. The second-order valence-electron chi connectivity index (χ2n) is 6.35. The average Bonchev–Trinajstić information content (AvgIpc) is 2.53. The molecule has 110 valence electrons. The Bertz CT molecular complexity index is 585. The lowest BCUT2D eigenvalue weighted by Crippen LogP contribution is -2.47. The Morgan fingerprint density at radius 2 is 2.00 bits per heavy atom. The van der Waals surface area contributed by atoms with Gasteiger partial charge in [0.15, 0.2) is 5.78 Å². The highest BCUT2D eigenvalue weighted by atomic mass is 16.1. The van der Waals surface area contributed by atoms with Crippen molar-refractivity contribution in [2.24, 2.45) is 5.92 Å². The standard InChI is InChI=1S/C18H22N2O/c1-13(21)16-9-8-14(12-19)11-18(16)20-10-4-6-15-5-2-3-7-17(15)20/h8-9,11,15,17H,2-7,10H2,1H3. The zero-order valence-electron chi connectivity index (χ0n) is 12.6. The number of Topliss-reactive ketones (excluding diaryl/α,β-unsaturated/α-hetero) is 1. The molecule has 2 fully saturated rings. The van der Waals surface area contributed by atoms with Crippen LogP contribution in [-0.2, 0) is 0 Å². The molecule has 21 heavy (non-hydrogen) atoms. The highest BCUT2D eigenvalue weighted by Crippen LogP contribution is 2.39. The van der Waals surface area contributed by atoms with Gasteiger partial charge < -0.3 is 4.90 Å². The molecule has 2 aliphatic rings. The molecular formula is C18H22N2O. The number of nitriles is 1. The molecule has 0 aromatic heterocycles. The lowest BCUT2D eigenvalue weighted by atomic mass is 9.78. The summed E-state index contributed by atoms with van der Waals surface area (Å²) in [6.45, 7) is 2.63. The second kappa shape index (κ2) is 5.89. The van der Waals surface area contributed by atoms with Gasteiger partial charge in [-0.2, -0.15) is 5.26 Å². The lowest BCUT2D eigenvalue weighted by molar-refractivity contribution is 0.101. The third-order valence-electron chi connectivity index (χ3n) is 5.06. The minimum atomic E-state index is 0.0902. The Morgan fingerprint density at radius 1 is 1.24 bits per heavy atom. The van der Waals surface area contributed by atoms with Gasteiger partial charge in [0, 0.05) is 23.8 Å². The topological polar surface area (TPSA) is 44.1 Å². The smallest absolute Gasteiger partial charge is 0.161 e. The van der Waals surface area contributed by atoms with Crippen molar-refractivity contribution in [2.45, 2.75) is 51.5 Å². The van der Waals surface area contributed by atoms with E-state index in [1.165, 1.54) is 38.5 Å². The summed E-state index contributed by atoms with van der Waals surface area (Å²) in [5.41, 5.74) is 2.39. The molecule has 3 nitrogen and oxygen atoms in total. The van der Waals surface area contributed by atoms with Crippen LogP contribution in [0.1, 0.15) is 61.4 Å². The van der Waals surface area contributed by atoms with Crippen LogP contribution in [0.15, 0.2) is 18.2 Å². The van der Waals surface area contributed by atoms with E-state index < -0.39 is 0 Å². The third-order valence-corrected chi connectivity index (χ3v) is 5.06. The number of ketones is 1. The molecule has 0 spiro atoms. The van der Waals surface area contributed by atoms with Crippen LogP contribution in [0.5, 0.6) is 0 Å². The summed E-state index contributed by atoms with van der Waals surface area (Å²) < 4.78 is 0. The SMILES string of the molecule is CC(=O)c1ccc(C#N)cc1N1CCCC2CCCCC21. The van der Waals surface area contributed by atoms with Crippen LogP contribution in [0, 0.1) is 17.2 Å². The minimum absolute atomic E-state index is 0.0902. The summed E-state index contributed by atoms with van der Waals surface area (Å²) in [6.07, 6.45) is 7.66. The predicted octanol–water partition coefficient (Wildman–Crippen LogP) is 3.92. The largest absolute Gasteiger partial charge is 0.368 e. The van der Waals surface area contributed by atoms with Crippen molar-refractivity contribution in [3.05, 3.63) is 29.3 Å². The van der Waals surface area contributed by atoms with Crippen LogP contribution in [0.2, 0.25) is 0 Å². The minimum Gasteiger partial charge on any atom is -0.368 e. The first kappa shape index (κ1) is 14.1. The molecule has 1 aromatic rings. The second-order valence-corrected chi connectivity index (χ2v) is 6.35. The van der Waals surface area contributed by atoms with E-state index in [-0.39, 0.29) is 5.78 Å². The molecule has 1 saturated carbocycles. The summed E-state index contributed by atoms with van der Waals surface area (Å²) in [7, 11) is 0. The third kappa shape index (κ3) is 2.68. The summed E-state index contributed by atoms with van der Waals surface area (Å²) in [5.74, 6) is 0.852. The number of nitrogens with zero attached hydrogens (tertiary/aromatic N) is 2. The number of rotatable bonds is 2. The van der Waals surface area contributed by atoms with Gasteiger partial charge in [-0.05, 0) is 56.7 Å². The van der Waals surface area contributed by atoms with Crippen molar-refractivity contribution < 1.29 is 4.79 Å². The molecule has 1 aromatic carbocycles. The van der Waals surface area contributed by atoms with Gasteiger partial charge in [-0.3, -0.25) is 4.79 Å². The van der Waals surface area contributed by atoms with Crippen molar-refractivity contribution in [1.29, 1.82) is 5.26 Å². The van der Waals surface area contributed by atoms with Gasteiger partial charge in [0.05, 0.1) is 11.6 Å². The summed E-state index contributed by atoms with van der Waals surface area (Å²) in [6, 6.07) is 8.25. The van der Waals surface area contributed by atoms with Crippen molar-refractivity contribution in [2.75, 3.05) is 11.4 Å². The Balaban J connectivity index is 2.01. The first-order valence-corrected chi connectivity index (χ1v) is 8.02. The molecule has 1 aliphatic heterocycles. The van der Waals surface area contributed by atoms with Crippen LogP contribution in [0.25, 0.3) is 0 Å². The molecule has 3 rings (SSSR count). The van der Waals surface area contributed by atoms with Gasteiger partial charge in [-0.1, -0.05) is 12.8 Å². The van der Waals surface area contributed by atoms with E-state index in [4.69, 9.17) is 5.26 Å². The van der Waals surface area contributed by atoms with E-state index in [2.05, 4.69) is 11.0 Å². The van der Waals surface area contributed by atoms with Crippen LogP contribution < -0.4 is 4.90 Å². The normalized spacial score (nSPS) is 25.0. The van der Waals surface area contributed by atoms with Crippen LogP contribution in [0.3, 0.4) is 0 Å². The van der Waals surface area contributed by atoms with Gasteiger partial charge in [-0.25, -0.2) is 0 Å². The fraction of sp³-hybridized carbons (Fsp3) is 0.556. The van der Waals surface area contributed by atoms with E-state index in [0.717, 1.165) is 23.7 Å². The zero-order valence-corrected chi connectivity index (χ0v) is 12.6. The Kier molecular flexibility index (Phi) is 3.96. The van der Waals surface area contributed by atoms with Crippen molar-refractivity contribution in [3.8, 4) is 6.07 Å². The van der Waals surface area contributed by atoms with Gasteiger partial charge in [0.2, 0.25) is 0 Å². The maximum absolute atomic E-state index is 12.0. The molecular weight excluding hydrogens is 260 g/mol. The number of hydrogen-bond donors (Lipinski definition) is 0. The van der Waals surface area contributed by atoms with Gasteiger partial charge in [0.25, 0.3) is 0 Å². The highest BCUT2D eigenvalue weighted by molar-refractivity contribution is 6.00. The van der Waals surface area contributed by atoms with Crippen molar-refractivity contribution in [3.63, 3.8) is 0 Å². The monoisotopic (exact) mass is 282 g/mol. The number of carbonyl (C=O) groups excluding carboxylic acids is 1. The molecule has 1 heterocycles. The fourth-order valence-corrected chi connectivity index (χ4v) is 4.06. The first-order valence-electron chi connectivity index (χ1n) is 8.02. The molecule has 0 bridgehead atoms. The number of carbonyl (C=O) groups is 1. The summed E-state index contributed by atoms with van der Waals surface area (Å²) >= 11 is 0. The molecule has 0 radical (unpaired) electrons. The van der Waals surface area contributed by atoms with Crippen LogP contribution >= 0.6 is 0 Å². The quantitative estimate of drug-likeness (QED) is 0.772. The first-order chi connectivity index (χ1) is 10.2. The van der Waals surface area contributed by atoms with Gasteiger partial charge in [-0.15, -0.1) is 0 Å². The summed E-state index contributed by atoms with van der Waals surface area (Å²) in [4.78, 5) is 14.4. The van der Waals surface area contributed by atoms with Crippen LogP contribution in [-0.4, -0.2) is 18.4 Å². The fourth-order valence-electron chi connectivity index (χ4n) is 4.06. The molecule has 2 atom stereocenters. The molecule has 3 heteroatoms. The average molecular weight is 282 g/mol. The molecule has 1 aliphatic carbocycles. The molecule has 2 unspecified atom stereocenters. The Morgan fingerprint density at radius 3 is 2.76 bits per heavy atom. The Hall–Kier alpha value is -1.82. The summed E-state index contributed by atoms with van der Waals surface area (Å²) in [5, 5.41) is 9.17. The number of hydrogen-bond acceptors (Lipinski definition) is 3.